The quantitative estimate of drug-likeness (QED) is 0.860. The predicted molar refractivity (Wildman–Crippen MR) is 89.6 cm³/mol. The molecule has 0 spiro atoms. The van der Waals surface area contributed by atoms with E-state index in [-0.39, 0.29) is 6.04 Å². The molecule has 1 fully saturated rings. The first-order valence-corrected chi connectivity index (χ1v) is 9.94. The Morgan fingerprint density at radius 1 is 1.43 bits per heavy atom. The normalized spacial score (nSPS) is 22.1. The van der Waals surface area contributed by atoms with Crippen LogP contribution in [0.1, 0.15) is 24.8 Å². The third-order valence-electron chi connectivity index (χ3n) is 4.03. The van der Waals surface area contributed by atoms with Crippen LogP contribution in [0.4, 0.5) is 0 Å². The second kappa shape index (κ2) is 7.22. The Labute approximate surface area is 135 Å². The van der Waals surface area contributed by atoms with E-state index in [1.165, 1.54) is 11.8 Å². The predicted octanol–water partition coefficient (Wildman–Crippen LogP) is 2.38. The van der Waals surface area contributed by atoms with E-state index in [9.17, 15) is 8.42 Å². The molecule has 0 radical (unpaired) electrons. The molecule has 0 amide bonds. The molecule has 21 heavy (non-hydrogen) atoms. The third kappa shape index (κ3) is 5.06. The summed E-state index contributed by atoms with van der Waals surface area (Å²) in [4.78, 5) is 0. The monoisotopic (exact) mass is 374 g/mol. The molecule has 0 bridgehead atoms. The van der Waals surface area contributed by atoms with Crippen LogP contribution in [0.2, 0.25) is 0 Å². The highest BCUT2D eigenvalue weighted by Crippen LogP contribution is 2.24. The first-order chi connectivity index (χ1) is 9.86. The van der Waals surface area contributed by atoms with Gasteiger partial charge in [0.2, 0.25) is 10.0 Å². The molecule has 4 nitrogen and oxygen atoms in total. The van der Waals surface area contributed by atoms with Gasteiger partial charge in [0.1, 0.15) is 0 Å². The van der Waals surface area contributed by atoms with E-state index in [1.807, 2.05) is 18.2 Å². The molecule has 0 aliphatic carbocycles. The molecule has 1 heterocycles. The van der Waals surface area contributed by atoms with Gasteiger partial charge in [-0.05, 0) is 43.2 Å². The van der Waals surface area contributed by atoms with Crippen molar-refractivity contribution in [3.63, 3.8) is 0 Å². The van der Waals surface area contributed by atoms with Crippen LogP contribution in [0.15, 0.2) is 28.7 Å². The van der Waals surface area contributed by atoms with Gasteiger partial charge < -0.3 is 5.73 Å². The molecular weight excluding hydrogens is 352 g/mol. The molecule has 1 aromatic carbocycles. The molecule has 2 atom stereocenters. The lowest BCUT2D eigenvalue weighted by Crippen LogP contribution is -2.41. The van der Waals surface area contributed by atoms with Gasteiger partial charge >= 0.3 is 0 Å². The smallest absolute Gasteiger partial charge is 0.211 e. The van der Waals surface area contributed by atoms with Crippen LogP contribution in [-0.2, 0) is 16.4 Å². The van der Waals surface area contributed by atoms with Gasteiger partial charge in [-0.1, -0.05) is 34.1 Å². The summed E-state index contributed by atoms with van der Waals surface area (Å²) >= 11 is 3.54. The Kier molecular flexibility index (Phi) is 5.82. The Balaban J connectivity index is 1.91. The van der Waals surface area contributed by atoms with Crippen LogP contribution in [-0.4, -0.2) is 38.1 Å². The number of sulfonamides is 1. The fourth-order valence-corrected chi connectivity index (χ4v) is 4.37. The molecule has 2 rings (SSSR count). The maximum atomic E-state index is 11.6. The van der Waals surface area contributed by atoms with E-state index in [0.717, 1.165) is 30.2 Å². The number of hydrogen-bond acceptors (Lipinski definition) is 3. The molecular formula is C15H23BrN2O2S. The number of rotatable bonds is 5. The fourth-order valence-electron chi connectivity index (χ4n) is 2.98. The van der Waals surface area contributed by atoms with Gasteiger partial charge in [-0.2, -0.15) is 0 Å². The van der Waals surface area contributed by atoms with Crippen molar-refractivity contribution in [2.24, 2.45) is 11.7 Å². The largest absolute Gasteiger partial charge is 0.327 e. The zero-order valence-corrected chi connectivity index (χ0v) is 14.7. The first-order valence-electron chi connectivity index (χ1n) is 7.30. The summed E-state index contributed by atoms with van der Waals surface area (Å²) in [5, 5.41) is 0. The van der Waals surface area contributed by atoms with E-state index < -0.39 is 10.0 Å². The zero-order valence-electron chi connectivity index (χ0n) is 12.3. The Hall–Kier alpha value is -0.430. The summed E-state index contributed by atoms with van der Waals surface area (Å²) in [6.45, 7) is 1.26. The zero-order chi connectivity index (χ0) is 15.5. The van der Waals surface area contributed by atoms with Gasteiger partial charge in [-0.15, -0.1) is 0 Å². The maximum absolute atomic E-state index is 11.6. The highest BCUT2D eigenvalue weighted by molar-refractivity contribution is 9.10. The van der Waals surface area contributed by atoms with E-state index in [2.05, 4.69) is 22.0 Å². The van der Waals surface area contributed by atoms with Crippen LogP contribution < -0.4 is 5.73 Å². The first kappa shape index (κ1) is 16.9. The molecule has 118 valence electrons. The second-order valence-corrected chi connectivity index (χ2v) is 8.76. The van der Waals surface area contributed by atoms with E-state index >= 15 is 0 Å². The van der Waals surface area contributed by atoms with Crippen molar-refractivity contribution >= 4 is 26.0 Å². The highest BCUT2D eigenvalue weighted by atomic mass is 79.9. The molecule has 1 saturated heterocycles. The second-order valence-electron chi connectivity index (χ2n) is 5.92. The van der Waals surface area contributed by atoms with Crippen molar-refractivity contribution in [1.82, 2.24) is 4.31 Å². The summed E-state index contributed by atoms with van der Waals surface area (Å²) in [5.41, 5.74) is 7.48. The molecule has 1 aliphatic rings. The molecule has 2 N–H and O–H groups in total. The molecule has 0 aromatic heterocycles. The summed E-state index contributed by atoms with van der Waals surface area (Å²) in [7, 11) is -3.08. The summed E-state index contributed by atoms with van der Waals surface area (Å²) in [5.74, 6) is 0.367. The summed E-state index contributed by atoms with van der Waals surface area (Å²) < 4.78 is 26.0. The van der Waals surface area contributed by atoms with Crippen molar-refractivity contribution < 1.29 is 8.42 Å². The van der Waals surface area contributed by atoms with Gasteiger partial charge in [0, 0.05) is 23.6 Å². The fraction of sp³-hybridized carbons (Fsp3) is 0.600. The maximum Gasteiger partial charge on any atom is 0.211 e. The Morgan fingerprint density at radius 2 is 2.14 bits per heavy atom. The van der Waals surface area contributed by atoms with Gasteiger partial charge in [0.05, 0.1) is 6.26 Å². The minimum Gasteiger partial charge on any atom is -0.327 e. The lowest BCUT2D eigenvalue weighted by Gasteiger charge is -2.32. The molecule has 1 aromatic rings. The molecule has 0 saturated carbocycles. The van der Waals surface area contributed by atoms with Crippen molar-refractivity contribution in [3.05, 3.63) is 34.3 Å². The standard InChI is InChI=1S/C15H23BrN2O2S/c1-21(19,20)18-8-4-5-12(11-18)9-14(17)10-13-6-2-3-7-15(13)16/h2-3,6-7,12,14H,4-5,8-11,17H2,1H3. The van der Waals surface area contributed by atoms with Crippen molar-refractivity contribution in [3.8, 4) is 0 Å². The minimum absolute atomic E-state index is 0.0632. The number of nitrogens with two attached hydrogens (primary N) is 1. The Morgan fingerprint density at radius 3 is 2.81 bits per heavy atom. The van der Waals surface area contributed by atoms with Crippen molar-refractivity contribution in [2.75, 3.05) is 19.3 Å². The van der Waals surface area contributed by atoms with Crippen LogP contribution in [0, 0.1) is 5.92 Å². The van der Waals surface area contributed by atoms with Crippen LogP contribution in [0.25, 0.3) is 0 Å². The lowest BCUT2D eigenvalue weighted by molar-refractivity contribution is 0.246. The van der Waals surface area contributed by atoms with Crippen LogP contribution in [0.5, 0.6) is 0 Å². The SMILES string of the molecule is CS(=O)(=O)N1CCCC(CC(N)Cc2ccccc2Br)C1. The van der Waals surface area contributed by atoms with E-state index in [1.54, 1.807) is 4.31 Å². The third-order valence-corrected chi connectivity index (χ3v) is 6.07. The van der Waals surface area contributed by atoms with Crippen molar-refractivity contribution in [2.45, 2.75) is 31.7 Å². The molecule has 6 heteroatoms. The number of piperidine rings is 1. The van der Waals surface area contributed by atoms with Gasteiger partial charge in [-0.25, -0.2) is 12.7 Å². The molecule has 2 unspecified atom stereocenters. The Bertz CT molecular complexity index is 577. The number of nitrogens with zero attached hydrogens (tertiary/aromatic N) is 1. The van der Waals surface area contributed by atoms with Crippen LogP contribution in [0.3, 0.4) is 0 Å². The lowest BCUT2D eigenvalue weighted by atomic mass is 9.90. The highest BCUT2D eigenvalue weighted by Gasteiger charge is 2.27. The molecule has 1 aliphatic heterocycles. The minimum atomic E-state index is -3.08. The topological polar surface area (TPSA) is 63.4 Å². The summed E-state index contributed by atoms with van der Waals surface area (Å²) in [6, 6.07) is 8.17. The number of halogens is 1. The average Bonchev–Trinajstić information content (AvgIpc) is 2.41. The summed E-state index contributed by atoms with van der Waals surface area (Å²) in [6.07, 6.45) is 4.97. The number of benzene rings is 1. The van der Waals surface area contributed by atoms with E-state index in [0.29, 0.717) is 19.0 Å². The average molecular weight is 375 g/mol. The van der Waals surface area contributed by atoms with Crippen LogP contribution >= 0.6 is 15.9 Å². The van der Waals surface area contributed by atoms with E-state index in [4.69, 9.17) is 5.73 Å². The number of hydrogen-bond donors (Lipinski definition) is 1. The van der Waals surface area contributed by atoms with Gasteiger partial charge in [0.25, 0.3) is 0 Å². The van der Waals surface area contributed by atoms with Crippen molar-refractivity contribution in [1.29, 1.82) is 0 Å². The van der Waals surface area contributed by atoms with Gasteiger partial charge in [-0.3, -0.25) is 0 Å². The van der Waals surface area contributed by atoms with Gasteiger partial charge in [0.15, 0.2) is 0 Å².